The standard InChI is InChI=1S/C26H30N4O5S.C25H27N7O3S.C24H24F2N4O4S/c1-16-14-26(3,4)30(15-16)24-19(25(32)29-36(33,34)22-10-7-13-27-17(22)2)11-12-20(28-24)18-8-6-9-21(35-5)23(18)31;1-15-11-25(2,3)32(14-15)23-18(24(33)31-36(34,35)22-9-5-8-21(26)29-22)10-16(12-27-23)17-6-4-7-20-19(17)13-28-30-20;1-14-12-24(2,3)30(13-14)21-17(8-9-19(28-21)16-7-6-15(25)11-18(16)26)22(31)29-35(33,34)20-5-4-10-27-23(20)32/h6-13,16,31H,14-15H2,1-5H3,(H,29,32);4-10,12-13,15H,11,14H2,1-3H3,(H2,26,29)(H,28,30)(H,31,33);4-11,14H,12-13H2,1-3H3,(H,27,32)(H,29,31)/t16-;;14-/m0.0/s1. The van der Waals surface area contributed by atoms with Gasteiger partial charge in [-0.15, -0.1) is 0 Å². The number of aromatic amines is 2. The highest BCUT2D eigenvalue weighted by atomic mass is 32.2. The minimum atomic E-state index is -4.48. The maximum atomic E-state index is 14.5. The van der Waals surface area contributed by atoms with Crippen molar-refractivity contribution in [3.63, 3.8) is 0 Å². The Bertz CT molecular complexity index is 5550. The van der Waals surface area contributed by atoms with E-state index < -0.39 is 75.4 Å². The van der Waals surface area contributed by atoms with Gasteiger partial charge in [0.15, 0.2) is 21.4 Å². The number of halogens is 2. The molecule has 3 atom stereocenters. The van der Waals surface area contributed by atoms with E-state index in [2.05, 4.69) is 86.0 Å². The number of aryl methyl sites for hydroxylation is 1. The van der Waals surface area contributed by atoms with Gasteiger partial charge in [-0.1, -0.05) is 45.0 Å². The number of nitrogen functional groups attached to an aromatic ring is 1. The molecule has 32 heteroatoms. The van der Waals surface area contributed by atoms with Gasteiger partial charge in [0.25, 0.3) is 53.4 Å². The molecule has 13 rings (SSSR count). The highest BCUT2D eigenvalue weighted by molar-refractivity contribution is 7.90. The van der Waals surface area contributed by atoms with Crippen LogP contribution in [0.5, 0.6) is 11.5 Å². The Hall–Kier alpha value is -11.3. The summed E-state index contributed by atoms with van der Waals surface area (Å²) in [5, 5.41) is 18.3. The molecular weight excluding hydrogens is 1440 g/mol. The van der Waals surface area contributed by atoms with Gasteiger partial charge in [-0.3, -0.25) is 29.3 Å². The Morgan fingerprint density at radius 2 is 1.12 bits per heavy atom. The number of fused-ring (bicyclic) bond motifs is 1. The number of sulfonamides is 3. The number of phenols is 1. The van der Waals surface area contributed by atoms with Crippen molar-refractivity contribution in [3.8, 4) is 45.1 Å². The van der Waals surface area contributed by atoms with Crippen LogP contribution in [0.25, 0.3) is 44.5 Å². The molecule has 1 unspecified atom stereocenters. The first-order valence-corrected chi connectivity index (χ1v) is 38.5. The number of anilines is 4. The molecular formula is C75H81F2N15O12S3. The molecule has 7 aromatic heterocycles. The number of carbonyl (C=O) groups is 3. The predicted molar refractivity (Wildman–Crippen MR) is 401 cm³/mol. The Balaban J connectivity index is 0.000000160. The summed E-state index contributed by atoms with van der Waals surface area (Å²) in [5.74, 6) is -1.95. The first kappa shape index (κ1) is 76.9. The van der Waals surface area contributed by atoms with E-state index >= 15 is 0 Å². The van der Waals surface area contributed by atoms with Crippen LogP contribution in [0.15, 0.2) is 172 Å². The van der Waals surface area contributed by atoms with E-state index in [-0.39, 0.29) is 77.9 Å². The van der Waals surface area contributed by atoms with E-state index in [1.54, 1.807) is 49.6 Å². The Morgan fingerprint density at radius 3 is 1.67 bits per heavy atom. The summed E-state index contributed by atoms with van der Waals surface area (Å²) in [7, 11) is -11.4. The van der Waals surface area contributed by atoms with E-state index in [9.17, 15) is 58.3 Å². The second-order valence-electron chi connectivity index (χ2n) is 28.7. The van der Waals surface area contributed by atoms with Gasteiger partial charge in [0.2, 0.25) is 0 Å². The molecule has 3 aliphatic rings. The smallest absolute Gasteiger partial charge is 0.281 e. The SMILES string of the molecule is CC1CN(c2ncc(-c3cccc4[nH]ncc34)cc2C(=O)NS(=O)(=O)c2cccc(N)n2)C(C)(C)C1.COc1cccc(-c2ccc(C(=O)NS(=O)(=O)c3cccnc3C)c(N3C[C@@H](C)CC3(C)C)n2)c1O.C[C@@H]1CN(c2nc(-c3ccc(F)cc3F)ccc2C(=O)NS(=O)(=O)c2ccc[nH]c2=O)C(C)(C)C1. The molecule has 3 amide bonds. The van der Waals surface area contributed by atoms with Gasteiger partial charge >= 0.3 is 0 Å². The van der Waals surface area contributed by atoms with Crippen LogP contribution in [0.3, 0.4) is 0 Å². The summed E-state index contributed by atoms with van der Waals surface area (Å²) in [5.41, 5.74) is 7.65. The Morgan fingerprint density at radius 1 is 0.589 bits per heavy atom. The fraction of sp³-hybridized carbons (Fsp3) is 0.307. The van der Waals surface area contributed by atoms with Gasteiger partial charge in [-0.2, -0.15) is 13.5 Å². The van der Waals surface area contributed by atoms with Crippen LogP contribution in [0.4, 0.5) is 32.1 Å². The van der Waals surface area contributed by atoms with E-state index in [0.29, 0.717) is 65.7 Å². The molecule has 3 saturated heterocycles. The molecule has 3 aromatic carbocycles. The van der Waals surface area contributed by atoms with Crippen molar-refractivity contribution in [2.45, 2.75) is 120 Å². The first-order valence-electron chi connectivity index (χ1n) is 34.0. The number of aromatic nitrogens is 8. The van der Waals surface area contributed by atoms with Gasteiger partial charge in [0.1, 0.15) is 39.8 Å². The third-order valence-corrected chi connectivity index (χ3v) is 22.9. The number of phenolic OH excluding ortho intramolecular Hbond substituents is 1. The van der Waals surface area contributed by atoms with Crippen molar-refractivity contribution in [1.29, 1.82) is 0 Å². The lowest BCUT2D eigenvalue weighted by molar-refractivity contribution is 0.0972. The van der Waals surface area contributed by atoms with Crippen molar-refractivity contribution in [1.82, 2.24) is 54.3 Å². The second-order valence-corrected chi connectivity index (χ2v) is 33.6. The number of ether oxygens (including phenoxy) is 1. The Labute approximate surface area is 617 Å². The molecule has 8 N–H and O–H groups in total. The normalized spacial score (nSPS) is 17.3. The fourth-order valence-corrected chi connectivity index (χ4v) is 17.4. The van der Waals surface area contributed by atoms with E-state index in [4.69, 9.17) is 20.4 Å². The average Bonchev–Trinajstić information content (AvgIpc) is 1.72. The number of methoxy groups -OCH3 is 1. The lowest BCUT2D eigenvalue weighted by Crippen LogP contribution is -2.41. The molecule has 0 radical (unpaired) electrons. The molecule has 107 heavy (non-hydrogen) atoms. The number of carbonyl (C=O) groups excluding carboxylic acids is 3. The third kappa shape index (κ3) is 16.4. The zero-order valence-corrected chi connectivity index (χ0v) is 62.9. The molecule has 0 saturated carbocycles. The number of hydrogen-bond acceptors (Lipinski definition) is 22. The first-order chi connectivity index (χ1) is 50.4. The molecule has 10 aromatic rings. The molecule has 0 bridgehead atoms. The maximum absolute atomic E-state index is 14.5. The number of nitrogens with two attached hydrogens (primary N) is 1. The summed E-state index contributed by atoms with van der Waals surface area (Å²) in [6.07, 6.45) is 8.74. The summed E-state index contributed by atoms with van der Waals surface area (Å²) >= 11 is 0. The van der Waals surface area contributed by atoms with Crippen LogP contribution >= 0.6 is 0 Å². The molecule has 0 aliphatic carbocycles. The average molecular weight is 1520 g/mol. The topological polar surface area (TPSA) is 381 Å². The summed E-state index contributed by atoms with van der Waals surface area (Å²) < 4.78 is 117. The zero-order chi connectivity index (χ0) is 77.5. The largest absolute Gasteiger partial charge is 0.504 e. The van der Waals surface area contributed by atoms with Crippen LogP contribution in [0, 0.1) is 36.3 Å². The molecule has 3 aliphatic heterocycles. The number of para-hydroxylation sites is 1. The number of amides is 3. The molecule has 10 heterocycles. The fourth-order valence-electron chi connectivity index (χ4n) is 14.3. The number of nitrogens with one attached hydrogen (secondary N) is 5. The van der Waals surface area contributed by atoms with Crippen LogP contribution in [-0.2, 0) is 30.1 Å². The van der Waals surface area contributed by atoms with Gasteiger partial charge in [0, 0.05) is 83.0 Å². The molecule has 3 fully saturated rings. The van der Waals surface area contributed by atoms with Crippen LogP contribution < -0.4 is 44.9 Å². The number of rotatable bonds is 16. The highest BCUT2D eigenvalue weighted by Crippen LogP contribution is 2.44. The van der Waals surface area contributed by atoms with Crippen molar-refractivity contribution >= 4 is 82.0 Å². The molecule has 0 spiro atoms. The third-order valence-electron chi connectivity index (χ3n) is 18.9. The quantitative estimate of drug-likeness (QED) is 0.0472. The van der Waals surface area contributed by atoms with Crippen molar-refractivity contribution in [2.75, 3.05) is 47.2 Å². The van der Waals surface area contributed by atoms with Crippen molar-refractivity contribution in [2.24, 2.45) is 17.8 Å². The number of aromatic hydroxyl groups is 1. The number of nitrogens with zero attached hydrogens (tertiary/aromatic N) is 9. The predicted octanol–water partition coefficient (Wildman–Crippen LogP) is 10.7. The van der Waals surface area contributed by atoms with Crippen molar-refractivity contribution < 1.29 is 58.3 Å². The summed E-state index contributed by atoms with van der Waals surface area (Å²) in [4.78, 5) is 81.5. The minimum Gasteiger partial charge on any atom is -0.504 e. The van der Waals surface area contributed by atoms with Crippen LogP contribution in [-0.4, -0.2) is 132 Å². The number of hydrogen-bond donors (Lipinski definition) is 7. The second kappa shape index (κ2) is 29.9. The van der Waals surface area contributed by atoms with Gasteiger partial charge in [-0.25, -0.2) is 59.7 Å². The van der Waals surface area contributed by atoms with E-state index in [1.165, 1.54) is 80.2 Å². The lowest BCUT2D eigenvalue weighted by Gasteiger charge is -2.34. The monoisotopic (exact) mass is 1520 g/mol. The van der Waals surface area contributed by atoms with E-state index in [1.807, 2.05) is 53.5 Å². The van der Waals surface area contributed by atoms with Gasteiger partial charge < -0.3 is 35.3 Å². The van der Waals surface area contributed by atoms with Gasteiger partial charge in [0.05, 0.1) is 52.6 Å². The van der Waals surface area contributed by atoms with Crippen molar-refractivity contribution in [3.05, 3.63) is 197 Å². The zero-order valence-electron chi connectivity index (χ0n) is 60.4. The Kier molecular flexibility index (Phi) is 21.5. The number of pyridine rings is 6. The minimum absolute atomic E-state index is 0.0353. The maximum Gasteiger partial charge on any atom is 0.281 e. The van der Waals surface area contributed by atoms with Crippen LogP contribution in [0.2, 0.25) is 0 Å². The summed E-state index contributed by atoms with van der Waals surface area (Å²) in [6.45, 7) is 22.0. The lowest BCUT2D eigenvalue weighted by atomic mass is 9.97. The van der Waals surface area contributed by atoms with Gasteiger partial charge in [-0.05, 0) is 188 Å². The molecule has 560 valence electrons. The highest BCUT2D eigenvalue weighted by Gasteiger charge is 2.43. The summed E-state index contributed by atoms with van der Waals surface area (Å²) in [6, 6.07) is 30.9. The van der Waals surface area contributed by atoms with E-state index in [0.717, 1.165) is 53.9 Å². The molecule has 27 nitrogen and oxygen atoms in total. The number of benzene rings is 3. The number of H-pyrrole nitrogens is 2. The van der Waals surface area contributed by atoms with Crippen LogP contribution in [0.1, 0.15) is 118 Å².